The number of fused-ring (bicyclic) bond motifs is 1. The highest BCUT2D eigenvalue weighted by atomic mass is 16.5. The van der Waals surface area contributed by atoms with E-state index in [4.69, 9.17) is 4.74 Å². The molecule has 8 heteroatoms. The van der Waals surface area contributed by atoms with Crippen LogP contribution in [-0.4, -0.2) is 52.7 Å². The summed E-state index contributed by atoms with van der Waals surface area (Å²) in [5.41, 5.74) is 0.960. The zero-order valence-corrected chi connectivity index (χ0v) is 16.2. The predicted molar refractivity (Wildman–Crippen MR) is 110 cm³/mol. The van der Waals surface area contributed by atoms with Crippen molar-refractivity contribution in [2.24, 2.45) is 0 Å². The Kier molecular flexibility index (Phi) is 4.99. The van der Waals surface area contributed by atoms with Crippen LogP contribution >= 0.6 is 0 Å². The Morgan fingerprint density at radius 1 is 1.17 bits per heavy atom. The molecule has 1 aliphatic heterocycles. The van der Waals surface area contributed by atoms with Crippen LogP contribution in [0.25, 0.3) is 21.9 Å². The van der Waals surface area contributed by atoms with Crippen LogP contribution in [0.3, 0.4) is 0 Å². The number of hydrogen-bond acceptors (Lipinski definition) is 6. The molecule has 3 aromatic rings. The lowest BCUT2D eigenvalue weighted by Crippen LogP contribution is -2.33. The second-order valence-corrected chi connectivity index (χ2v) is 7.46. The summed E-state index contributed by atoms with van der Waals surface area (Å²) in [6, 6.07) is 11.7. The molecule has 0 amide bonds. The van der Waals surface area contributed by atoms with E-state index < -0.39 is 29.7 Å². The number of H-pyrrole nitrogens is 1. The zero-order chi connectivity index (χ0) is 20.7. The highest BCUT2D eigenvalue weighted by Crippen LogP contribution is 2.29. The molecule has 0 bridgehead atoms. The Labute approximate surface area is 166 Å². The summed E-state index contributed by atoms with van der Waals surface area (Å²) in [6.45, 7) is -0.345. The molecular weight excluding hydrogens is 374 g/mol. The van der Waals surface area contributed by atoms with Crippen LogP contribution in [0.15, 0.2) is 52.2 Å². The molecule has 0 radical (unpaired) electrons. The summed E-state index contributed by atoms with van der Waals surface area (Å²) < 4.78 is 6.82. The van der Waals surface area contributed by atoms with Crippen LogP contribution < -0.4 is 16.1 Å². The minimum atomic E-state index is -0.876. The number of aliphatic hydroxyl groups is 2. The Hall–Kier alpha value is -2.94. The van der Waals surface area contributed by atoms with Crippen molar-refractivity contribution in [2.45, 2.75) is 24.9 Å². The number of aromatic nitrogens is 2. The maximum atomic E-state index is 12.5. The van der Waals surface area contributed by atoms with E-state index in [2.05, 4.69) is 11.1 Å². The first-order valence-corrected chi connectivity index (χ1v) is 9.38. The van der Waals surface area contributed by atoms with Crippen molar-refractivity contribution in [2.75, 3.05) is 25.6 Å². The first-order valence-electron chi connectivity index (χ1n) is 9.38. The summed E-state index contributed by atoms with van der Waals surface area (Å²) in [6.07, 6.45) is -0.781. The Morgan fingerprint density at radius 2 is 1.90 bits per heavy atom. The smallest absolute Gasteiger partial charge is 0.330 e. The van der Waals surface area contributed by atoms with Gasteiger partial charge in [0, 0.05) is 32.4 Å². The number of aliphatic hydroxyl groups excluding tert-OH is 2. The fourth-order valence-electron chi connectivity index (χ4n) is 3.63. The molecule has 1 aliphatic rings. The Morgan fingerprint density at radius 3 is 2.59 bits per heavy atom. The summed E-state index contributed by atoms with van der Waals surface area (Å²) in [5, 5.41) is 21.2. The van der Waals surface area contributed by atoms with E-state index in [9.17, 15) is 19.8 Å². The maximum absolute atomic E-state index is 12.5. The number of aromatic amines is 1. The van der Waals surface area contributed by atoms with E-state index in [0.29, 0.717) is 11.1 Å². The first kappa shape index (κ1) is 19.4. The quantitative estimate of drug-likeness (QED) is 0.608. The van der Waals surface area contributed by atoms with Gasteiger partial charge in [-0.3, -0.25) is 14.3 Å². The molecule has 0 aliphatic carbocycles. The second kappa shape index (κ2) is 7.47. The molecule has 8 nitrogen and oxygen atoms in total. The van der Waals surface area contributed by atoms with E-state index >= 15 is 0 Å². The fraction of sp³-hybridized carbons (Fsp3) is 0.333. The van der Waals surface area contributed by atoms with Gasteiger partial charge in [-0.25, -0.2) is 4.79 Å². The lowest BCUT2D eigenvalue weighted by molar-refractivity contribution is -0.0458. The molecule has 1 aromatic heterocycles. The molecule has 1 saturated heterocycles. The van der Waals surface area contributed by atoms with Gasteiger partial charge >= 0.3 is 5.69 Å². The van der Waals surface area contributed by atoms with Gasteiger partial charge in [0.25, 0.3) is 5.56 Å². The number of ether oxygens (including phenoxy) is 1. The third-order valence-corrected chi connectivity index (χ3v) is 5.31. The van der Waals surface area contributed by atoms with Gasteiger partial charge in [0.2, 0.25) is 0 Å². The zero-order valence-electron chi connectivity index (χ0n) is 16.2. The van der Waals surface area contributed by atoms with Gasteiger partial charge < -0.3 is 19.8 Å². The fourth-order valence-corrected chi connectivity index (χ4v) is 3.63. The molecule has 2 heterocycles. The number of nitrogens with zero attached hydrogens (tertiary/aromatic N) is 2. The molecule has 0 unspecified atom stereocenters. The number of benzene rings is 2. The normalized spacial score (nSPS) is 21.6. The van der Waals surface area contributed by atoms with Gasteiger partial charge in [0.1, 0.15) is 12.3 Å². The molecule has 3 N–H and O–H groups in total. The molecule has 0 saturated carbocycles. The van der Waals surface area contributed by atoms with Crippen LogP contribution in [0.5, 0.6) is 0 Å². The predicted octanol–water partition coefficient (Wildman–Crippen LogP) is 1.06. The molecule has 4 rings (SSSR count). The minimum absolute atomic E-state index is 0.154. The number of anilines is 1. The number of hydrogen-bond donors (Lipinski definition) is 3. The van der Waals surface area contributed by atoms with Gasteiger partial charge in [0.15, 0.2) is 0 Å². The standard InChI is InChI=1S/C21H23N3O5/c1-23(2)15-6-5-12-7-14(4-3-13(12)8-15)16-10-24(21(28)22-20(16)27)19-9-17(26)18(11-25)29-19/h3-8,10,17-19,25-26H,9,11H2,1-2H3,(H,22,27,28)/t17-,18+,19+/m0/s1. The van der Waals surface area contributed by atoms with E-state index in [1.807, 2.05) is 49.3 Å². The van der Waals surface area contributed by atoms with Crippen molar-refractivity contribution in [1.82, 2.24) is 9.55 Å². The van der Waals surface area contributed by atoms with E-state index in [-0.39, 0.29) is 13.0 Å². The van der Waals surface area contributed by atoms with Crippen LogP contribution in [0, 0.1) is 0 Å². The van der Waals surface area contributed by atoms with Gasteiger partial charge in [-0.1, -0.05) is 18.2 Å². The molecular formula is C21H23N3O5. The van der Waals surface area contributed by atoms with Crippen LogP contribution in [0.1, 0.15) is 12.6 Å². The highest BCUT2D eigenvalue weighted by Gasteiger charge is 2.35. The molecule has 29 heavy (non-hydrogen) atoms. The summed E-state index contributed by atoms with van der Waals surface area (Å²) in [5.74, 6) is 0. The van der Waals surface area contributed by atoms with E-state index in [1.54, 1.807) is 0 Å². The van der Waals surface area contributed by atoms with E-state index in [1.165, 1.54) is 10.8 Å². The topological polar surface area (TPSA) is 108 Å². The average molecular weight is 397 g/mol. The van der Waals surface area contributed by atoms with Crippen LogP contribution in [0.2, 0.25) is 0 Å². The Balaban J connectivity index is 1.76. The monoisotopic (exact) mass is 397 g/mol. The molecule has 0 spiro atoms. The summed E-state index contributed by atoms with van der Waals surface area (Å²) >= 11 is 0. The van der Waals surface area contributed by atoms with Gasteiger partial charge in [-0.05, 0) is 34.5 Å². The maximum Gasteiger partial charge on any atom is 0.330 e. The van der Waals surface area contributed by atoms with Crippen LogP contribution in [0.4, 0.5) is 5.69 Å². The summed E-state index contributed by atoms with van der Waals surface area (Å²) in [4.78, 5) is 29.1. The third kappa shape index (κ3) is 3.57. The molecule has 3 atom stereocenters. The molecule has 2 aromatic carbocycles. The van der Waals surface area contributed by atoms with Gasteiger partial charge in [0.05, 0.1) is 18.3 Å². The molecule has 1 fully saturated rings. The van der Waals surface area contributed by atoms with Gasteiger partial charge in [-0.2, -0.15) is 0 Å². The van der Waals surface area contributed by atoms with Crippen molar-refractivity contribution in [3.8, 4) is 11.1 Å². The SMILES string of the molecule is CN(C)c1ccc2cc(-c3cn([C@H]4C[C@H](O)[C@@H](CO)O4)c(=O)[nH]c3=O)ccc2c1. The second-order valence-electron chi connectivity index (χ2n) is 7.46. The van der Waals surface area contributed by atoms with E-state index in [0.717, 1.165) is 16.5 Å². The highest BCUT2D eigenvalue weighted by molar-refractivity contribution is 5.89. The lowest BCUT2D eigenvalue weighted by atomic mass is 10.0. The van der Waals surface area contributed by atoms with Crippen molar-refractivity contribution in [1.29, 1.82) is 0 Å². The van der Waals surface area contributed by atoms with Crippen molar-refractivity contribution >= 4 is 16.5 Å². The summed E-state index contributed by atoms with van der Waals surface area (Å²) in [7, 11) is 3.95. The first-order chi connectivity index (χ1) is 13.9. The van der Waals surface area contributed by atoms with Crippen LogP contribution in [-0.2, 0) is 4.74 Å². The lowest BCUT2D eigenvalue weighted by Gasteiger charge is -2.16. The molecule has 152 valence electrons. The third-order valence-electron chi connectivity index (χ3n) is 5.31. The van der Waals surface area contributed by atoms with Crippen molar-refractivity contribution < 1.29 is 14.9 Å². The average Bonchev–Trinajstić information content (AvgIpc) is 3.07. The minimum Gasteiger partial charge on any atom is -0.394 e. The Bertz CT molecular complexity index is 1170. The van der Waals surface area contributed by atoms with Crippen molar-refractivity contribution in [3.63, 3.8) is 0 Å². The number of nitrogens with one attached hydrogen (secondary N) is 1. The van der Waals surface area contributed by atoms with Gasteiger partial charge in [-0.15, -0.1) is 0 Å². The number of rotatable bonds is 4. The van der Waals surface area contributed by atoms with Crippen molar-refractivity contribution in [3.05, 3.63) is 63.4 Å². The largest absolute Gasteiger partial charge is 0.394 e.